The average Bonchev–Trinajstić information content (AvgIpc) is 3.94. The summed E-state index contributed by atoms with van der Waals surface area (Å²) in [5, 5.41) is 0. The van der Waals surface area contributed by atoms with Gasteiger partial charge in [0, 0.05) is 45.4 Å². The molecule has 75 heavy (non-hydrogen) atoms. The van der Waals surface area contributed by atoms with Crippen molar-refractivity contribution in [3.8, 4) is 0 Å². The SMILES string of the molecule is CCCCCCCCCCCN(CCCCCCCCCC)C(=O)CCCCCCCCC(CCCCCCCCC(=O)N(CCCCCCCCCC)CCCCCCCCCC)OC(=O)CCCN1CCCC1. The molecule has 0 aromatic heterocycles. The van der Waals surface area contributed by atoms with E-state index in [0.29, 0.717) is 31.1 Å². The monoisotopic (exact) mass is 1060 g/mol. The van der Waals surface area contributed by atoms with Gasteiger partial charge in [0.1, 0.15) is 6.10 Å². The van der Waals surface area contributed by atoms with Crippen molar-refractivity contribution >= 4 is 17.8 Å². The highest BCUT2D eigenvalue weighted by Crippen LogP contribution is 2.21. The maximum Gasteiger partial charge on any atom is 0.306 e. The fourth-order valence-corrected chi connectivity index (χ4v) is 11.6. The first-order chi connectivity index (χ1) is 36.9. The maximum atomic E-state index is 13.5. The van der Waals surface area contributed by atoms with E-state index in [1.807, 2.05) is 0 Å². The zero-order valence-corrected chi connectivity index (χ0v) is 51.5. The zero-order chi connectivity index (χ0) is 54.2. The van der Waals surface area contributed by atoms with Gasteiger partial charge in [0.05, 0.1) is 0 Å². The van der Waals surface area contributed by atoms with Gasteiger partial charge in [-0.05, 0) is 103 Å². The normalized spacial score (nSPS) is 13.2. The molecule has 0 saturated carbocycles. The van der Waals surface area contributed by atoms with Crippen LogP contribution in [0.2, 0.25) is 0 Å². The second-order valence-electron chi connectivity index (χ2n) is 24.1. The third-order valence-electron chi connectivity index (χ3n) is 16.8. The molecule has 1 rings (SSSR count). The lowest BCUT2D eigenvalue weighted by Crippen LogP contribution is -2.32. The molecule has 0 aromatic rings. The summed E-state index contributed by atoms with van der Waals surface area (Å²) in [7, 11) is 0. The van der Waals surface area contributed by atoms with Gasteiger partial charge in [-0.15, -0.1) is 0 Å². The summed E-state index contributed by atoms with van der Waals surface area (Å²) in [5.74, 6) is 0.793. The summed E-state index contributed by atoms with van der Waals surface area (Å²) in [4.78, 5) is 47.0. The van der Waals surface area contributed by atoms with Crippen LogP contribution < -0.4 is 0 Å². The number of esters is 1. The Hall–Kier alpha value is -1.63. The van der Waals surface area contributed by atoms with Gasteiger partial charge >= 0.3 is 5.97 Å². The van der Waals surface area contributed by atoms with Crippen LogP contribution in [0.5, 0.6) is 0 Å². The highest BCUT2D eigenvalue weighted by Gasteiger charge is 2.18. The van der Waals surface area contributed by atoms with Crippen molar-refractivity contribution in [3.05, 3.63) is 0 Å². The van der Waals surface area contributed by atoms with Crippen molar-refractivity contribution in [2.24, 2.45) is 0 Å². The van der Waals surface area contributed by atoms with Crippen LogP contribution >= 0.6 is 0 Å². The molecule has 0 spiro atoms. The summed E-state index contributed by atoms with van der Waals surface area (Å²) >= 11 is 0. The number of nitrogens with zero attached hydrogens (tertiary/aromatic N) is 3. The molecule has 0 aromatic carbocycles. The summed E-state index contributed by atoms with van der Waals surface area (Å²) in [6.45, 7) is 16.3. The minimum Gasteiger partial charge on any atom is -0.462 e. The average molecular weight is 1060 g/mol. The van der Waals surface area contributed by atoms with Gasteiger partial charge in [-0.25, -0.2) is 0 Å². The molecule has 0 N–H and O–H groups in total. The fourth-order valence-electron chi connectivity index (χ4n) is 11.6. The van der Waals surface area contributed by atoms with Crippen LogP contribution in [0.15, 0.2) is 0 Å². The predicted molar refractivity (Wildman–Crippen MR) is 327 cm³/mol. The van der Waals surface area contributed by atoms with Gasteiger partial charge in [-0.1, -0.05) is 265 Å². The van der Waals surface area contributed by atoms with Crippen LogP contribution in [-0.2, 0) is 19.1 Å². The van der Waals surface area contributed by atoms with Crippen molar-refractivity contribution < 1.29 is 19.1 Å². The number of likely N-dealkylation sites (tertiary alicyclic amines) is 1. The number of ether oxygens (including phenoxy) is 1. The smallest absolute Gasteiger partial charge is 0.306 e. The molecule has 0 aliphatic carbocycles. The minimum atomic E-state index is 0.00153. The molecule has 1 fully saturated rings. The van der Waals surface area contributed by atoms with E-state index in [0.717, 1.165) is 116 Å². The maximum absolute atomic E-state index is 13.5. The van der Waals surface area contributed by atoms with Gasteiger partial charge < -0.3 is 19.4 Å². The Balaban J connectivity index is 2.48. The molecule has 7 heteroatoms. The van der Waals surface area contributed by atoms with Crippen molar-refractivity contribution in [2.45, 2.75) is 374 Å². The number of rotatable bonds is 60. The van der Waals surface area contributed by atoms with E-state index < -0.39 is 0 Å². The summed E-state index contributed by atoms with van der Waals surface area (Å²) in [5.41, 5.74) is 0. The van der Waals surface area contributed by atoms with Crippen LogP contribution in [0.1, 0.15) is 368 Å². The van der Waals surface area contributed by atoms with E-state index in [1.165, 1.54) is 251 Å². The van der Waals surface area contributed by atoms with Crippen LogP contribution in [0, 0.1) is 0 Å². The van der Waals surface area contributed by atoms with Crippen molar-refractivity contribution in [2.75, 3.05) is 45.8 Å². The van der Waals surface area contributed by atoms with Gasteiger partial charge in [0.2, 0.25) is 11.8 Å². The quantitative estimate of drug-likeness (QED) is 0.0448. The first-order valence-electron chi connectivity index (χ1n) is 34.4. The zero-order valence-electron chi connectivity index (χ0n) is 51.5. The molecule has 1 heterocycles. The second-order valence-corrected chi connectivity index (χ2v) is 24.1. The van der Waals surface area contributed by atoms with E-state index in [-0.39, 0.29) is 12.1 Å². The Kier molecular flexibility index (Phi) is 54.3. The summed E-state index contributed by atoms with van der Waals surface area (Å²) in [6.07, 6.45) is 64.5. The van der Waals surface area contributed by atoms with E-state index in [1.54, 1.807) is 0 Å². The number of amides is 2. The van der Waals surface area contributed by atoms with Crippen molar-refractivity contribution in [3.63, 3.8) is 0 Å². The number of hydrogen-bond acceptors (Lipinski definition) is 5. The summed E-state index contributed by atoms with van der Waals surface area (Å²) in [6, 6.07) is 0. The number of hydrogen-bond donors (Lipinski definition) is 0. The molecule has 0 bridgehead atoms. The first kappa shape index (κ1) is 71.4. The van der Waals surface area contributed by atoms with E-state index in [4.69, 9.17) is 4.74 Å². The standard InChI is InChI=1S/C68H133N3O4/c1-5-9-13-17-21-25-33-41-49-64-71(63-48-40-32-24-20-16-12-8-4)67(73)56-45-37-29-27-35-43-54-65(75-68(74)57-52-60-69-58-50-51-59-69)53-42-34-26-28-36-44-55-66(72)70(61-46-38-30-22-18-14-10-6-2)62-47-39-31-23-19-15-11-7-3/h65H,5-64H2,1-4H3. The molecular formula is C68H133N3O4. The lowest BCUT2D eigenvalue weighted by atomic mass is 10.0. The molecule has 1 saturated heterocycles. The fraction of sp³-hybridized carbons (Fsp3) is 0.956. The third kappa shape index (κ3) is 48.0. The van der Waals surface area contributed by atoms with Crippen molar-refractivity contribution in [1.82, 2.24) is 14.7 Å². The number of carbonyl (C=O) groups is 3. The summed E-state index contributed by atoms with van der Waals surface area (Å²) < 4.78 is 6.21. The number of unbranched alkanes of at least 4 members (excludes halogenated alkanes) is 39. The topological polar surface area (TPSA) is 70.2 Å². The Bertz CT molecular complexity index is 1190. The molecule has 1 aliphatic rings. The molecular weight excluding hydrogens is 923 g/mol. The van der Waals surface area contributed by atoms with Crippen LogP contribution in [0.3, 0.4) is 0 Å². The minimum absolute atomic E-state index is 0.00153. The molecule has 1 atom stereocenters. The van der Waals surface area contributed by atoms with Gasteiger partial charge in [0.15, 0.2) is 0 Å². The third-order valence-corrected chi connectivity index (χ3v) is 16.8. The molecule has 2 amide bonds. The Morgan fingerprint density at radius 1 is 0.333 bits per heavy atom. The molecule has 444 valence electrons. The second kappa shape index (κ2) is 57.1. The Morgan fingerprint density at radius 3 is 0.907 bits per heavy atom. The van der Waals surface area contributed by atoms with E-state index in [2.05, 4.69) is 42.4 Å². The molecule has 0 radical (unpaired) electrons. The predicted octanol–water partition coefficient (Wildman–Crippen LogP) is 20.6. The largest absolute Gasteiger partial charge is 0.462 e. The highest BCUT2D eigenvalue weighted by molar-refractivity contribution is 5.76. The van der Waals surface area contributed by atoms with Gasteiger partial charge in [-0.3, -0.25) is 14.4 Å². The van der Waals surface area contributed by atoms with E-state index >= 15 is 0 Å². The Morgan fingerprint density at radius 2 is 0.600 bits per heavy atom. The molecule has 7 nitrogen and oxygen atoms in total. The van der Waals surface area contributed by atoms with E-state index in [9.17, 15) is 14.4 Å². The molecule has 1 aliphatic heterocycles. The molecule has 1 unspecified atom stereocenters. The van der Waals surface area contributed by atoms with Crippen LogP contribution in [-0.4, -0.2) is 84.4 Å². The van der Waals surface area contributed by atoms with Crippen LogP contribution in [0.25, 0.3) is 0 Å². The van der Waals surface area contributed by atoms with Gasteiger partial charge in [-0.2, -0.15) is 0 Å². The van der Waals surface area contributed by atoms with Crippen molar-refractivity contribution in [1.29, 1.82) is 0 Å². The lowest BCUT2D eigenvalue weighted by molar-refractivity contribution is -0.150. The first-order valence-corrected chi connectivity index (χ1v) is 34.4. The van der Waals surface area contributed by atoms with Crippen LogP contribution in [0.4, 0.5) is 0 Å². The lowest BCUT2D eigenvalue weighted by Gasteiger charge is -2.23. The van der Waals surface area contributed by atoms with Gasteiger partial charge in [0.25, 0.3) is 0 Å². The highest BCUT2D eigenvalue weighted by atomic mass is 16.5. The number of carbonyl (C=O) groups excluding carboxylic acids is 3. The Labute approximate surface area is 469 Å².